The van der Waals surface area contributed by atoms with Crippen LogP contribution in [0.5, 0.6) is 0 Å². The number of aliphatic hydroxyl groups excluding tert-OH is 2. The Bertz CT molecular complexity index is 690. The van der Waals surface area contributed by atoms with Crippen molar-refractivity contribution >= 4 is 61.0 Å². The van der Waals surface area contributed by atoms with Crippen molar-refractivity contribution in [3.05, 3.63) is 39.5 Å². The minimum Gasteiger partial charge on any atom is -0.481 e. The van der Waals surface area contributed by atoms with E-state index in [0.717, 1.165) is 18.4 Å². The number of hydrogen-bond acceptors (Lipinski definition) is 9. The summed E-state index contributed by atoms with van der Waals surface area (Å²) in [6, 6.07) is 0.0277. The van der Waals surface area contributed by atoms with Gasteiger partial charge in [0, 0.05) is 14.1 Å². The highest BCUT2D eigenvalue weighted by atomic mass is 29.2. The quantitative estimate of drug-likeness (QED) is 0.141. The van der Waals surface area contributed by atoms with Crippen molar-refractivity contribution in [1.29, 1.82) is 0 Å². The molecule has 0 aliphatic heterocycles. The molecule has 0 radical (unpaired) electrons. The van der Waals surface area contributed by atoms with Crippen LogP contribution in [0.4, 0.5) is 0 Å². The maximum absolute atomic E-state index is 12.0. The smallest absolute Gasteiger partial charge is 0.322 e. The highest BCUT2D eigenvalue weighted by Crippen LogP contribution is 2.26. The minimum absolute atomic E-state index is 0.0277. The zero-order valence-corrected chi connectivity index (χ0v) is 34.7. The number of carboxylic acid groups (broad SMARTS) is 1. The molecule has 0 rings (SSSR count). The third-order valence-corrected chi connectivity index (χ3v) is 15.6. The van der Waals surface area contributed by atoms with E-state index in [4.69, 9.17) is 19.1 Å². The third kappa shape index (κ3) is 56.2. The second-order valence-electron chi connectivity index (χ2n) is 10.7. The lowest BCUT2D eigenvalue weighted by Crippen LogP contribution is -2.38. The molecule has 0 amide bonds. The number of carbonyl (C=O) groups is 3. The summed E-state index contributed by atoms with van der Waals surface area (Å²) in [6.07, 6.45) is 1.04. The van der Waals surface area contributed by atoms with Crippen LogP contribution in [0.2, 0.25) is 64.0 Å². The Hall–Kier alpha value is -1.61. The fourth-order valence-electron chi connectivity index (χ4n) is 2.37. The molecule has 0 heterocycles. The van der Waals surface area contributed by atoms with Crippen LogP contribution in [-0.4, -0.2) is 94.3 Å². The van der Waals surface area contributed by atoms with Gasteiger partial charge in [-0.05, 0) is 57.5 Å². The van der Waals surface area contributed by atoms with Crippen LogP contribution in [-0.2, 0) is 32.2 Å². The van der Waals surface area contributed by atoms with E-state index in [1.807, 2.05) is 47.1 Å². The molecule has 3 N–H and O–H groups in total. The Labute approximate surface area is 275 Å². The fourth-order valence-corrected chi connectivity index (χ4v) is 7.28. The van der Waals surface area contributed by atoms with Crippen molar-refractivity contribution in [3.63, 3.8) is 0 Å². The molecular weight excluding hydrogens is 649 g/mol. The zero-order chi connectivity index (χ0) is 37.9. The standard InChI is InChI=1S/C10H22O5Si2.C9H22OSi.C2H6O2Si2.3C2H4.2CH2O/c1-5-10(15-17(2,3)4)16(14)7-8(11)6-9(12)13;1-6-9(10)7-8(2)11(3,4)5;1-5(3)6(2)4;5*1-2/h8,10-11H,5-7H2,1-4H3,(H,12,13);8-10H,6-7H2,1-5H3;1-2H3;3*1-2H2;2*1H2. The molecule has 0 aromatic heterocycles. The van der Waals surface area contributed by atoms with Gasteiger partial charge < -0.3 is 42.7 Å². The molecule has 0 aromatic carbocycles. The molecule has 10 nitrogen and oxygen atoms in total. The topological polar surface area (TPSA) is 172 Å². The molecule has 44 heavy (non-hydrogen) atoms. The van der Waals surface area contributed by atoms with E-state index in [2.05, 4.69) is 66.0 Å². The molecule has 0 aliphatic rings. The SMILES string of the molecule is C=C.C=C.C=C.C=O.C=O.CCC(O)CC(C)[Si](C)(C)C.CCC(O[Si](C)(C)C)[Si](=O)CC(O)CC(=O)O.C[Si](=O)[Si](C)=O. The number of carbonyl (C=O) groups excluding carboxylic acids is 2. The van der Waals surface area contributed by atoms with Crippen LogP contribution >= 0.6 is 0 Å². The van der Waals surface area contributed by atoms with Gasteiger partial charge in [-0.3, -0.25) is 4.79 Å². The lowest BCUT2D eigenvalue weighted by molar-refractivity contribution is -0.138. The summed E-state index contributed by atoms with van der Waals surface area (Å²) in [6.45, 7) is 44.4. The van der Waals surface area contributed by atoms with Gasteiger partial charge in [-0.25, -0.2) is 0 Å². The summed E-state index contributed by atoms with van der Waals surface area (Å²) in [7, 11) is -8.18. The van der Waals surface area contributed by atoms with Crippen LogP contribution < -0.4 is 0 Å². The Morgan fingerprint density at radius 2 is 1.09 bits per heavy atom. The van der Waals surface area contributed by atoms with Gasteiger partial charge in [-0.1, -0.05) is 40.4 Å². The van der Waals surface area contributed by atoms with Gasteiger partial charge in [-0.2, -0.15) is 0 Å². The summed E-state index contributed by atoms with van der Waals surface area (Å²) in [5.41, 5.74) is 0.396. The predicted octanol–water partition coefficient (Wildman–Crippen LogP) is 6.49. The van der Waals surface area contributed by atoms with E-state index in [1.165, 1.54) is 13.1 Å². The molecule has 0 bridgehead atoms. The number of carboxylic acids is 1. The second kappa shape index (κ2) is 41.4. The van der Waals surface area contributed by atoms with Gasteiger partial charge >= 0.3 is 31.1 Å². The van der Waals surface area contributed by atoms with Crippen molar-refractivity contribution < 1.29 is 47.5 Å². The molecule has 4 atom stereocenters. The highest BCUT2D eigenvalue weighted by molar-refractivity contribution is 7.06. The number of aliphatic hydroxyl groups is 2. The number of aliphatic carboxylic acids is 1. The Morgan fingerprint density at radius 1 is 0.750 bits per heavy atom. The van der Waals surface area contributed by atoms with E-state index >= 15 is 0 Å². The van der Waals surface area contributed by atoms with E-state index in [-0.39, 0.29) is 24.3 Å². The first-order valence-corrected chi connectivity index (χ1v) is 27.5. The molecule has 0 fully saturated rings. The first-order chi connectivity index (χ1) is 20.2. The van der Waals surface area contributed by atoms with Crippen molar-refractivity contribution in [2.24, 2.45) is 0 Å². The monoisotopic (exact) mass is 714 g/mol. The van der Waals surface area contributed by atoms with Gasteiger partial charge in [0.05, 0.1) is 24.4 Å². The molecular formula is C29H66O10Si5. The van der Waals surface area contributed by atoms with Crippen LogP contribution in [0.15, 0.2) is 39.5 Å². The van der Waals surface area contributed by atoms with E-state index in [1.54, 1.807) is 0 Å². The lowest BCUT2D eigenvalue weighted by atomic mass is 10.2. The molecule has 0 saturated heterocycles. The maximum Gasteiger partial charge on any atom is 0.322 e. The number of rotatable bonds is 13. The summed E-state index contributed by atoms with van der Waals surface area (Å²) >= 11 is 0. The first kappa shape index (κ1) is 61.4. The minimum atomic E-state index is -2.11. The first-order valence-electron chi connectivity index (χ1n) is 14.0. The van der Waals surface area contributed by atoms with Crippen molar-refractivity contribution in [2.75, 3.05) is 0 Å². The molecule has 0 saturated carbocycles. The van der Waals surface area contributed by atoms with Gasteiger partial charge in [0.15, 0.2) is 8.32 Å². The predicted molar refractivity (Wildman–Crippen MR) is 194 cm³/mol. The van der Waals surface area contributed by atoms with Crippen molar-refractivity contribution in [2.45, 2.75) is 128 Å². The van der Waals surface area contributed by atoms with Crippen LogP contribution in [0.25, 0.3) is 0 Å². The average molecular weight is 715 g/mol. The van der Waals surface area contributed by atoms with E-state index in [9.17, 15) is 28.4 Å². The summed E-state index contributed by atoms with van der Waals surface area (Å²) in [5.74, 6) is -1.08. The van der Waals surface area contributed by atoms with Crippen LogP contribution in [0.1, 0.15) is 46.5 Å². The Balaban J connectivity index is -0.0000000688. The summed E-state index contributed by atoms with van der Waals surface area (Å²) in [5, 5.41) is 27.4. The van der Waals surface area contributed by atoms with Crippen molar-refractivity contribution in [1.82, 2.24) is 0 Å². The zero-order valence-electron chi connectivity index (χ0n) is 29.7. The second-order valence-corrected chi connectivity index (χ2v) is 29.3. The largest absolute Gasteiger partial charge is 0.481 e. The molecule has 4 unspecified atom stereocenters. The molecule has 0 aromatic rings. The third-order valence-electron chi connectivity index (χ3n) is 5.14. The van der Waals surface area contributed by atoms with E-state index in [0.29, 0.717) is 6.42 Å². The van der Waals surface area contributed by atoms with Gasteiger partial charge in [0.1, 0.15) is 13.6 Å². The molecule has 0 spiro atoms. The lowest BCUT2D eigenvalue weighted by Gasteiger charge is -2.26. The number of hydrogen-bond donors (Lipinski definition) is 3. The van der Waals surface area contributed by atoms with Gasteiger partial charge in [0.2, 0.25) is 0 Å². The van der Waals surface area contributed by atoms with Gasteiger partial charge in [0.25, 0.3) is 0 Å². The van der Waals surface area contributed by atoms with Crippen molar-refractivity contribution in [3.8, 4) is 0 Å². The molecule has 15 heteroatoms. The van der Waals surface area contributed by atoms with Gasteiger partial charge in [-0.15, -0.1) is 39.5 Å². The van der Waals surface area contributed by atoms with Crippen LogP contribution in [0.3, 0.4) is 0 Å². The summed E-state index contributed by atoms with van der Waals surface area (Å²) < 4.78 is 37.9. The van der Waals surface area contributed by atoms with Crippen LogP contribution in [0, 0.1) is 0 Å². The molecule has 262 valence electrons. The Morgan fingerprint density at radius 3 is 1.30 bits per heavy atom. The molecule has 0 aliphatic carbocycles. The average Bonchev–Trinajstić information content (AvgIpc) is 2.96. The normalized spacial score (nSPS) is 11.9. The summed E-state index contributed by atoms with van der Waals surface area (Å²) in [4.78, 5) is 26.4. The fraction of sp³-hybridized carbons (Fsp3) is 0.690. The highest BCUT2D eigenvalue weighted by Gasteiger charge is 2.28. The Kier molecular flexibility index (Phi) is 57.8. The van der Waals surface area contributed by atoms with E-state index < -0.39 is 53.5 Å². The maximum atomic E-state index is 12.0.